The lowest BCUT2D eigenvalue weighted by atomic mass is 9.94. The summed E-state index contributed by atoms with van der Waals surface area (Å²) in [5.41, 5.74) is 1.56. The van der Waals surface area contributed by atoms with Crippen LogP contribution in [0.3, 0.4) is 0 Å². The van der Waals surface area contributed by atoms with Crippen LogP contribution in [0.1, 0.15) is 11.1 Å². The molecule has 9 heteroatoms. The Morgan fingerprint density at radius 1 is 0.759 bits per heavy atom. The van der Waals surface area contributed by atoms with Crippen molar-refractivity contribution in [2.24, 2.45) is 0 Å². The molecule has 0 atom stereocenters. The van der Waals surface area contributed by atoms with Crippen molar-refractivity contribution in [3.05, 3.63) is 71.8 Å². The maximum Gasteiger partial charge on any atom is 0.420 e. The number of hydrogen-bond donors (Lipinski definition) is 2. The number of anilines is 1. The van der Waals surface area contributed by atoms with Gasteiger partial charge in [0, 0.05) is 6.07 Å². The summed E-state index contributed by atoms with van der Waals surface area (Å²) in [4.78, 5) is 0. The average Bonchev–Trinajstić information content (AvgIpc) is 2.63. The molecule has 0 saturated heterocycles. The van der Waals surface area contributed by atoms with Crippen LogP contribution in [0, 0.1) is 0 Å². The normalized spacial score (nSPS) is 12.1. The third-order valence-electron chi connectivity index (χ3n) is 4.06. The number of ether oxygens (including phenoxy) is 1. The highest BCUT2D eigenvalue weighted by Crippen LogP contribution is 2.47. The number of nitrogen functional groups attached to an aromatic ring is 1. The highest BCUT2D eigenvalue weighted by Gasteiger charge is 2.40. The molecule has 0 fully saturated rings. The van der Waals surface area contributed by atoms with Crippen molar-refractivity contribution < 1.29 is 36.2 Å². The van der Waals surface area contributed by atoms with Gasteiger partial charge in [-0.15, -0.1) is 0 Å². The molecule has 3 nitrogen and oxygen atoms in total. The van der Waals surface area contributed by atoms with Crippen LogP contribution >= 0.6 is 0 Å². The van der Waals surface area contributed by atoms with Crippen LogP contribution in [0.4, 0.5) is 32.0 Å². The van der Waals surface area contributed by atoms with E-state index in [9.17, 15) is 31.4 Å². The Bertz CT molecular complexity index is 1040. The van der Waals surface area contributed by atoms with Gasteiger partial charge in [0.25, 0.3) is 0 Å². The van der Waals surface area contributed by atoms with Gasteiger partial charge in [0.2, 0.25) is 0 Å². The molecule has 3 aromatic rings. The zero-order valence-corrected chi connectivity index (χ0v) is 14.5. The van der Waals surface area contributed by atoms with E-state index in [0.29, 0.717) is 6.07 Å². The first-order valence-corrected chi connectivity index (χ1v) is 8.11. The molecule has 0 aliphatic carbocycles. The first-order chi connectivity index (χ1) is 13.5. The lowest BCUT2D eigenvalue weighted by molar-refractivity contribution is -0.140. The molecular formula is C20H13F6NO2. The maximum atomic E-state index is 13.8. The Balaban J connectivity index is 2.21. The average molecular weight is 413 g/mol. The van der Waals surface area contributed by atoms with Gasteiger partial charge in [-0.05, 0) is 35.4 Å². The van der Waals surface area contributed by atoms with Crippen molar-refractivity contribution in [1.82, 2.24) is 0 Å². The smallest absolute Gasteiger partial charge is 0.420 e. The summed E-state index contributed by atoms with van der Waals surface area (Å²) in [5.74, 6) is -1.28. The minimum atomic E-state index is -5.01. The number of phenols is 1. The molecule has 0 unspecified atom stereocenters. The van der Waals surface area contributed by atoms with Crippen molar-refractivity contribution in [2.45, 2.75) is 12.4 Å². The molecule has 152 valence electrons. The summed E-state index contributed by atoms with van der Waals surface area (Å²) in [6, 6.07) is 10.5. The third kappa shape index (κ3) is 4.23. The van der Waals surface area contributed by atoms with Crippen LogP contribution < -0.4 is 10.5 Å². The van der Waals surface area contributed by atoms with E-state index in [2.05, 4.69) is 0 Å². The van der Waals surface area contributed by atoms with Crippen LogP contribution in [0.15, 0.2) is 60.7 Å². The molecule has 0 radical (unpaired) electrons. The Hall–Kier alpha value is -3.36. The first kappa shape index (κ1) is 20.4. The van der Waals surface area contributed by atoms with Gasteiger partial charge < -0.3 is 15.6 Å². The maximum absolute atomic E-state index is 13.8. The monoisotopic (exact) mass is 413 g/mol. The van der Waals surface area contributed by atoms with Crippen LogP contribution in [0.5, 0.6) is 17.2 Å². The van der Waals surface area contributed by atoms with Gasteiger partial charge in [0.1, 0.15) is 22.8 Å². The highest BCUT2D eigenvalue weighted by atomic mass is 19.4. The van der Waals surface area contributed by atoms with Crippen molar-refractivity contribution in [2.75, 3.05) is 5.73 Å². The van der Waals surface area contributed by atoms with E-state index in [1.807, 2.05) is 0 Å². The van der Waals surface area contributed by atoms with E-state index < -0.39 is 46.1 Å². The fraction of sp³-hybridized carbons (Fsp3) is 0.100. The summed E-state index contributed by atoms with van der Waals surface area (Å²) >= 11 is 0. The largest absolute Gasteiger partial charge is 0.506 e. The molecule has 0 aliphatic heterocycles. The topological polar surface area (TPSA) is 55.5 Å². The van der Waals surface area contributed by atoms with Crippen molar-refractivity contribution in [3.8, 4) is 28.4 Å². The van der Waals surface area contributed by atoms with Crippen LogP contribution in [0.25, 0.3) is 11.1 Å². The molecule has 0 heterocycles. The van der Waals surface area contributed by atoms with Gasteiger partial charge in [-0.25, -0.2) is 0 Å². The van der Waals surface area contributed by atoms with Gasteiger partial charge in [0.15, 0.2) is 0 Å². The van der Waals surface area contributed by atoms with Crippen molar-refractivity contribution in [1.29, 1.82) is 0 Å². The fourth-order valence-corrected chi connectivity index (χ4v) is 2.81. The van der Waals surface area contributed by atoms with Gasteiger partial charge in [-0.3, -0.25) is 0 Å². The van der Waals surface area contributed by atoms with Crippen LogP contribution in [-0.2, 0) is 12.4 Å². The lowest BCUT2D eigenvalue weighted by Crippen LogP contribution is -2.12. The molecule has 0 amide bonds. The molecule has 3 rings (SSSR count). The molecule has 3 N–H and O–H groups in total. The Morgan fingerprint density at radius 3 is 2.03 bits per heavy atom. The summed E-state index contributed by atoms with van der Waals surface area (Å²) in [6.07, 6.45) is -9.86. The van der Waals surface area contributed by atoms with E-state index in [-0.39, 0.29) is 11.4 Å². The lowest BCUT2D eigenvalue weighted by Gasteiger charge is -2.20. The minimum absolute atomic E-state index is 0.0127. The number of rotatable bonds is 3. The summed E-state index contributed by atoms with van der Waals surface area (Å²) < 4.78 is 86.8. The van der Waals surface area contributed by atoms with E-state index >= 15 is 0 Å². The second kappa shape index (κ2) is 7.23. The molecule has 3 aromatic carbocycles. The van der Waals surface area contributed by atoms with Crippen molar-refractivity contribution in [3.63, 3.8) is 0 Å². The molecule has 0 spiro atoms. The number of nitrogens with two attached hydrogens (primary N) is 1. The molecule has 0 aliphatic rings. The second-order valence-corrected chi connectivity index (χ2v) is 6.04. The Morgan fingerprint density at radius 2 is 1.41 bits per heavy atom. The highest BCUT2D eigenvalue weighted by molar-refractivity contribution is 5.74. The van der Waals surface area contributed by atoms with E-state index in [1.54, 1.807) is 0 Å². The molecule has 0 saturated carbocycles. The third-order valence-corrected chi connectivity index (χ3v) is 4.06. The van der Waals surface area contributed by atoms with Gasteiger partial charge in [-0.2, -0.15) is 26.3 Å². The number of benzene rings is 3. The first-order valence-electron chi connectivity index (χ1n) is 8.11. The van der Waals surface area contributed by atoms with Crippen LogP contribution in [0.2, 0.25) is 0 Å². The number of hydrogen-bond acceptors (Lipinski definition) is 3. The van der Waals surface area contributed by atoms with Gasteiger partial charge >= 0.3 is 12.4 Å². The predicted molar refractivity (Wildman–Crippen MR) is 94.5 cm³/mol. The Kier molecular flexibility index (Phi) is 5.08. The van der Waals surface area contributed by atoms with E-state index in [1.165, 1.54) is 18.2 Å². The van der Waals surface area contributed by atoms with E-state index in [0.717, 1.165) is 36.4 Å². The fourth-order valence-electron chi connectivity index (χ4n) is 2.81. The van der Waals surface area contributed by atoms with Gasteiger partial charge in [0.05, 0.1) is 11.3 Å². The number of phenolic OH excluding ortho intramolecular Hbond substituents is 1. The van der Waals surface area contributed by atoms with E-state index in [4.69, 9.17) is 10.5 Å². The minimum Gasteiger partial charge on any atom is -0.506 e. The number of aromatic hydroxyl groups is 1. The SMILES string of the molecule is Nc1ccc(Oc2cccc(-c3ccccc3C(F)(F)F)c2C(F)(F)F)cc1O. The number of alkyl halides is 6. The van der Waals surface area contributed by atoms with Crippen LogP contribution in [-0.4, -0.2) is 5.11 Å². The summed E-state index contributed by atoms with van der Waals surface area (Å²) in [6.45, 7) is 0. The molecule has 29 heavy (non-hydrogen) atoms. The molecule has 0 bridgehead atoms. The van der Waals surface area contributed by atoms with Crippen molar-refractivity contribution >= 4 is 5.69 Å². The summed E-state index contributed by atoms with van der Waals surface area (Å²) in [5, 5.41) is 9.61. The quantitative estimate of drug-likeness (QED) is 0.294. The standard InChI is InChI=1S/C20H13F6NO2/c21-19(22,23)14-6-2-1-4-12(14)13-5-3-7-17(18(13)20(24,25)26)29-11-8-9-15(27)16(28)10-11/h1-10,28H,27H2. The van der Waals surface area contributed by atoms with Gasteiger partial charge in [-0.1, -0.05) is 30.3 Å². The zero-order valence-electron chi connectivity index (χ0n) is 14.5. The second-order valence-electron chi connectivity index (χ2n) is 6.04. The summed E-state index contributed by atoms with van der Waals surface area (Å²) in [7, 11) is 0. The Labute approximate surface area is 161 Å². The molecule has 0 aromatic heterocycles. The number of halogens is 6. The predicted octanol–water partition coefficient (Wildman–Crippen LogP) is 6.47. The zero-order chi connectivity index (χ0) is 21.4. The molecular weight excluding hydrogens is 400 g/mol.